The molecule has 0 fully saturated rings. The third-order valence-corrected chi connectivity index (χ3v) is 4.24. The van der Waals surface area contributed by atoms with Gasteiger partial charge in [-0.05, 0) is 61.0 Å². The van der Waals surface area contributed by atoms with Crippen LogP contribution in [0.5, 0.6) is 23.0 Å². The average molecular weight is 420 g/mol. The minimum Gasteiger partial charge on any atom is -0.508 e. The highest BCUT2D eigenvalue weighted by atomic mass is 16.5. The van der Waals surface area contributed by atoms with Gasteiger partial charge in [-0.1, -0.05) is 24.3 Å². The summed E-state index contributed by atoms with van der Waals surface area (Å²) in [5, 5.41) is 14.9. The number of phenolic OH excluding ortho intramolecular Hbond substituents is 1. The molecule has 0 aromatic heterocycles. The van der Waals surface area contributed by atoms with Crippen LogP contribution in [-0.2, 0) is 4.79 Å². The Labute approximate surface area is 180 Å². The molecule has 7 heteroatoms. The normalized spacial score (nSPS) is 10.2. The third-order valence-electron chi connectivity index (χ3n) is 4.24. The molecular formula is C24H24N2O5. The molecule has 0 spiro atoms. The molecule has 2 amide bonds. The molecule has 0 aliphatic heterocycles. The number of carbonyl (C=O) groups is 2. The molecule has 7 nitrogen and oxygen atoms in total. The molecule has 0 radical (unpaired) electrons. The van der Waals surface area contributed by atoms with E-state index in [2.05, 4.69) is 10.6 Å². The summed E-state index contributed by atoms with van der Waals surface area (Å²) in [5.41, 5.74) is 0.387. The highest BCUT2D eigenvalue weighted by Crippen LogP contribution is 2.23. The van der Waals surface area contributed by atoms with Crippen LogP contribution in [0, 0.1) is 0 Å². The molecule has 31 heavy (non-hydrogen) atoms. The second-order valence-corrected chi connectivity index (χ2v) is 6.68. The SMILES string of the molecule is O=C(COc1ccc(Oc2ccccc2)cc1)NCCCNC(=O)c1cccc(O)c1. The van der Waals surface area contributed by atoms with Crippen molar-refractivity contribution >= 4 is 11.8 Å². The summed E-state index contributed by atoms with van der Waals surface area (Å²) in [5.74, 6) is 1.51. The zero-order chi connectivity index (χ0) is 21.9. The molecule has 0 unspecified atom stereocenters. The number of rotatable bonds is 10. The highest BCUT2D eigenvalue weighted by Gasteiger charge is 2.06. The van der Waals surface area contributed by atoms with Crippen molar-refractivity contribution in [1.29, 1.82) is 0 Å². The zero-order valence-corrected chi connectivity index (χ0v) is 16.9. The van der Waals surface area contributed by atoms with Gasteiger partial charge in [0.2, 0.25) is 0 Å². The monoisotopic (exact) mass is 420 g/mol. The summed E-state index contributed by atoms with van der Waals surface area (Å²) >= 11 is 0. The molecule has 0 heterocycles. The Kier molecular flexibility index (Phi) is 7.88. The average Bonchev–Trinajstić information content (AvgIpc) is 2.79. The molecule has 160 valence electrons. The number of hydrogen-bond acceptors (Lipinski definition) is 5. The molecule has 0 saturated carbocycles. The molecule has 0 saturated heterocycles. The number of carbonyl (C=O) groups excluding carboxylic acids is 2. The minimum absolute atomic E-state index is 0.0401. The molecule has 0 atom stereocenters. The highest BCUT2D eigenvalue weighted by molar-refractivity contribution is 5.94. The van der Waals surface area contributed by atoms with Gasteiger partial charge in [-0.25, -0.2) is 0 Å². The summed E-state index contributed by atoms with van der Waals surface area (Å²) in [6.07, 6.45) is 0.571. The second-order valence-electron chi connectivity index (χ2n) is 6.68. The van der Waals surface area contributed by atoms with Gasteiger partial charge in [0.05, 0.1) is 0 Å². The predicted octanol–water partition coefficient (Wildman–Crippen LogP) is 3.50. The van der Waals surface area contributed by atoms with Gasteiger partial charge >= 0.3 is 0 Å². The molecule has 3 rings (SSSR count). The predicted molar refractivity (Wildman–Crippen MR) is 117 cm³/mol. The lowest BCUT2D eigenvalue weighted by molar-refractivity contribution is -0.123. The van der Waals surface area contributed by atoms with Crippen LogP contribution in [0.2, 0.25) is 0 Å². The van der Waals surface area contributed by atoms with Crippen molar-refractivity contribution < 1.29 is 24.2 Å². The number of phenols is 1. The fourth-order valence-corrected chi connectivity index (χ4v) is 2.70. The Hall–Kier alpha value is -4.00. The van der Waals surface area contributed by atoms with Crippen molar-refractivity contribution in [3.8, 4) is 23.0 Å². The fourth-order valence-electron chi connectivity index (χ4n) is 2.70. The summed E-state index contributed by atoms with van der Waals surface area (Å²) < 4.78 is 11.2. The Morgan fingerprint density at radius 2 is 1.45 bits per heavy atom. The lowest BCUT2D eigenvalue weighted by Gasteiger charge is -2.09. The van der Waals surface area contributed by atoms with E-state index >= 15 is 0 Å². The van der Waals surface area contributed by atoms with Crippen LogP contribution >= 0.6 is 0 Å². The second kappa shape index (κ2) is 11.3. The summed E-state index contributed by atoms with van der Waals surface area (Å²) in [6.45, 7) is 0.708. The maximum atomic E-state index is 11.9. The van der Waals surface area contributed by atoms with Crippen LogP contribution in [0.1, 0.15) is 16.8 Å². The van der Waals surface area contributed by atoms with Crippen molar-refractivity contribution in [2.45, 2.75) is 6.42 Å². The van der Waals surface area contributed by atoms with Gasteiger partial charge in [0.1, 0.15) is 23.0 Å². The van der Waals surface area contributed by atoms with Gasteiger partial charge in [0.15, 0.2) is 6.61 Å². The fraction of sp³-hybridized carbons (Fsp3) is 0.167. The molecule has 0 aliphatic rings. The van der Waals surface area contributed by atoms with Crippen LogP contribution in [0.3, 0.4) is 0 Å². The number of para-hydroxylation sites is 1. The number of hydrogen-bond donors (Lipinski definition) is 3. The number of nitrogens with one attached hydrogen (secondary N) is 2. The maximum absolute atomic E-state index is 11.9. The number of amides is 2. The first kappa shape index (κ1) is 21.7. The van der Waals surface area contributed by atoms with Gasteiger partial charge < -0.3 is 25.2 Å². The van der Waals surface area contributed by atoms with Gasteiger partial charge in [0, 0.05) is 18.7 Å². The van der Waals surface area contributed by atoms with Crippen LogP contribution < -0.4 is 20.1 Å². The standard InChI is InChI=1S/C24H24N2O5/c27-19-7-4-6-18(16-19)24(29)26-15-5-14-25-23(28)17-30-20-10-12-22(13-11-20)31-21-8-2-1-3-9-21/h1-4,6-13,16,27H,5,14-15,17H2,(H,25,28)(H,26,29). The Morgan fingerprint density at radius 1 is 0.774 bits per heavy atom. The van der Waals surface area contributed by atoms with E-state index in [1.807, 2.05) is 30.3 Å². The Bertz CT molecular complexity index is 990. The number of ether oxygens (including phenoxy) is 2. The largest absolute Gasteiger partial charge is 0.508 e. The van der Waals surface area contributed by atoms with E-state index in [4.69, 9.17) is 9.47 Å². The third kappa shape index (κ3) is 7.40. The topological polar surface area (TPSA) is 96.9 Å². The number of benzene rings is 3. The zero-order valence-electron chi connectivity index (χ0n) is 16.9. The van der Waals surface area contributed by atoms with E-state index in [1.54, 1.807) is 36.4 Å². The molecule has 0 aliphatic carbocycles. The molecule has 0 bridgehead atoms. The van der Waals surface area contributed by atoms with E-state index in [1.165, 1.54) is 12.1 Å². The van der Waals surface area contributed by atoms with E-state index in [0.29, 0.717) is 36.6 Å². The summed E-state index contributed by atoms with van der Waals surface area (Å²) in [7, 11) is 0. The maximum Gasteiger partial charge on any atom is 0.257 e. The smallest absolute Gasteiger partial charge is 0.257 e. The first-order valence-corrected chi connectivity index (χ1v) is 9.90. The lowest BCUT2D eigenvalue weighted by Crippen LogP contribution is -2.32. The van der Waals surface area contributed by atoms with Crippen LogP contribution in [0.25, 0.3) is 0 Å². The molecular weight excluding hydrogens is 396 g/mol. The van der Waals surface area contributed by atoms with Gasteiger partial charge in [-0.3, -0.25) is 9.59 Å². The molecule has 3 N–H and O–H groups in total. The lowest BCUT2D eigenvalue weighted by atomic mass is 10.2. The van der Waals surface area contributed by atoms with Crippen molar-refractivity contribution in [3.63, 3.8) is 0 Å². The quantitative estimate of drug-likeness (QED) is 0.436. The molecule has 3 aromatic rings. The summed E-state index contributed by atoms with van der Waals surface area (Å²) in [4.78, 5) is 23.8. The Morgan fingerprint density at radius 3 is 2.19 bits per heavy atom. The van der Waals surface area contributed by atoms with Gasteiger partial charge in [-0.15, -0.1) is 0 Å². The van der Waals surface area contributed by atoms with Crippen LogP contribution in [-0.4, -0.2) is 36.6 Å². The minimum atomic E-state index is -0.273. The van der Waals surface area contributed by atoms with E-state index in [9.17, 15) is 14.7 Å². The first-order valence-electron chi connectivity index (χ1n) is 9.90. The van der Waals surface area contributed by atoms with E-state index < -0.39 is 0 Å². The number of aromatic hydroxyl groups is 1. The van der Waals surface area contributed by atoms with Gasteiger partial charge in [-0.2, -0.15) is 0 Å². The van der Waals surface area contributed by atoms with E-state index in [-0.39, 0.29) is 24.2 Å². The van der Waals surface area contributed by atoms with Crippen LogP contribution in [0.15, 0.2) is 78.9 Å². The van der Waals surface area contributed by atoms with Crippen molar-refractivity contribution in [1.82, 2.24) is 10.6 Å². The van der Waals surface area contributed by atoms with Gasteiger partial charge in [0.25, 0.3) is 11.8 Å². The van der Waals surface area contributed by atoms with Crippen molar-refractivity contribution in [2.24, 2.45) is 0 Å². The molecule has 3 aromatic carbocycles. The van der Waals surface area contributed by atoms with Crippen LogP contribution in [0.4, 0.5) is 0 Å². The van der Waals surface area contributed by atoms with Crippen molar-refractivity contribution in [2.75, 3.05) is 19.7 Å². The first-order chi connectivity index (χ1) is 15.1. The summed E-state index contributed by atoms with van der Waals surface area (Å²) in [6, 6.07) is 22.6. The van der Waals surface area contributed by atoms with Crippen molar-refractivity contribution in [3.05, 3.63) is 84.4 Å². The Balaban J connectivity index is 1.30. The van der Waals surface area contributed by atoms with E-state index in [0.717, 1.165) is 5.75 Å².